The van der Waals surface area contributed by atoms with E-state index in [2.05, 4.69) is 10.3 Å². The van der Waals surface area contributed by atoms with E-state index >= 15 is 0 Å². The maximum Gasteiger partial charge on any atom is 0.262 e. The summed E-state index contributed by atoms with van der Waals surface area (Å²) >= 11 is 0. The third kappa shape index (κ3) is 3.28. The number of carbonyl (C=O) groups is 1. The number of fused-ring (bicyclic) bond motifs is 1. The molecule has 3 aromatic rings. The van der Waals surface area contributed by atoms with Crippen LogP contribution < -0.4 is 5.32 Å². The summed E-state index contributed by atoms with van der Waals surface area (Å²) in [4.78, 5) is 15.3. The zero-order valence-corrected chi connectivity index (χ0v) is 12.8. The van der Waals surface area contributed by atoms with E-state index in [-0.39, 0.29) is 11.3 Å². The van der Waals surface area contributed by atoms with Crippen LogP contribution in [-0.4, -0.2) is 16.0 Å². The Morgan fingerprint density at radius 3 is 2.79 bits per heavy atom. The average Bonchev–Trinajstić information content (AvgIpc) is 3.00. The van der Waals surface area contributed by atoms with Crippen molar-refractivity contribution in [3.63, 3.8) is 0 Å². The Morgan fingerprint density at radius 1 is 1.25 bits per heavy atom. The van der Waals surface area contributed by atoms with E-state index in [1.54, 1.807) is 24.4 Å². The molecule has 0 aliphatic rings. The highest BCUT2D eigenvalue weighted by molar-refractivity contribution is 6.04. The SMILES string of the molecule is N#C/C(=C\c1c[nH]c2ccc(O)cc12)C(=O)NCc1ccccc1. The summed E-state index contributed by atoms with van der Waals surface area (Å²) in [6.45, 7) is 0.355. The molecule has 1 heterocycles. The average molecular weight is 317 g/mol. The molecule has 3 rings (SSSR count). The molecule has 118 valence electrons. The van der Waals surface area contributed by atoms with Gasteiger partial charge in [-0.25, -0.2) is 0 Å². The minimum absolute atomic E-state index is 0.00942. The van der Waals surface area contributed by atoms with Gasteiger partial charge < -0.3 is 15.4 Å². The molecule has 0 aliphatic carbocycles. The second-order valence-electron chi connectivity index (χ2n) is 5.31. The number of nitrogens with one attached hydrogen (secondary N) is 2. The van der Waals surface area contributed by atoms with Crippen molar-refractivity contribution < 1.29 is 9.90 Å². The summed E-state index contributed by atoms with van der Waals surface area (Å²) in [5.74, 6) is -0.306. The minimum atomic E-state index is -0.434. The van der Waals surface area contributed by atoms with Gasteiger partial charge in [0.1, 0.15) is 17.4 Å². The standard InChI is InChI=1S/C19H15N3O2/c20-10-14(19(24)22-11-13-4-2-1-3-5-13)8-15-12-21-18-7-6-16(23)9-17(15)18/h1-9,12,21,23H,11H2,(H,22,24)/b14-8+. The smallest absolute Gasteiger partial charge is 0.262 e. The molecule has 0 radical (unpaired) electrons. The van der Waals surface area contributed by atoms with Crippen molar-refractivity contribution in [2.75, 3.05) is 0 Å². The summed E-state index contributed by atoms with van der Waals surface area (Å²) in [6, 6.07) is 16.3. The van der Waals surface area contributed by atoms with E-state index in [0.29, 0.717) is 12.1 Å². The summed E-state index contributed by atoms with van der Waals surface area (Å²) in [6.07, 6.45) is 3.21. The zero-order chi connectivity index (χ0) is 16.9. The van der Waals surface area contributed by atoms with Gasteiger partial charge in [-0.05, 0) is 29.8 Å². The van der Waals surface area contributed by atoms with Crippen LogP contribution in [0.4, 0.5) is 0 Å². The van der Waals surface area contributed by atoms with Crippen molar-refractivity contribution >= 4 is 22.9 Å². The second kappa shape index (κ2) is 6.71. The summed E-state index contributed by atoms with van der Waals surface area (Å²) in [7, 11) is 0. The molecule has 0 unspecified atom stereocenters. The summed E-state index contributed by atoms with van der Waals surface area (Å²) in [5.41, 5.74) is 2.46. The lowest BCUT2D eigenvalue weighted by atomic mass is 10.1. The van der Waals surface area contributed by atoms with Gasteiger partial charge in [0.2, 0.25) is 0 Å². The third-order valence-electron chi connectivity index (χ3n) is 3.66. The molecule has 0 aliphatic heterocycles. The molecule has 5 heteroatoms. The van der Waals surface area contributed by atoms with E-state index < -0.39 is 5.91 Å². The first-order valence-electron chi connectivity index (χ1n) is 7.41. The highest BCUT2D eigenvalue weighted by atomic mass is 16.3. The van der Waals surface area contributed by atoms with Crippen LogP contribution in [0.5, 0.6) is 5.75 Å². The van der Waals surface area contributed by atoms with Gasteiger partial charge in [-0.15, -0.1) is 0 Å². The second-order valence-corrected chi connectivity index (χ2v) is 5.31. The Balaban J connectivity index is 1.82. The van der Waals surface area contributed by atoms with Crippen molar-refractivity contribution in [1.82, 2.24) is 10.3 Å². The summed E-state index contributed by atoms with van der Waals surface area (Å²) in [5, 5.41) is 22.4. The van der Waals surface area contributed by atoms with Gasteiger partial charge in [-0.3, -0.25) is 4.79 Å². The van der Waals surface area contributed by atoms with Crippen LogP contribution >= 0.6 is 0 Å². The van der Waals surface area contributed by atoms with Crippen LogP contribution in [0, 0.1) is 11.3 Å². The first-order chi connectivity index (χ1) is 11.7. The number of aromatic nitrogens is 1. The Bertz CT molecular complexity index is 950. The number of aromatic hydroxyl groups is 1. The number of rotatable bonds is 4. The number of nitrogens with zero attached hydrogens (tertiary/aromatic N) is 1. The number of aromatic amines is 1. The van der Waals surface area contributed by atoms with Crippen LogP contribution in [0.1, 0.15) is 11.1 Å². The van der Waals surface area contributed by atoms with Gasteiger partial charge in [0.15, 0.2) is 0 Å². The molecule has 1 amide bonds. The van der Waals surface area contributed by atoms with Crippen LogP contribution in [0.3, 0.4) is 0 Å². The molecule has 2 aromatic carbocycles. The van der Waals surface area contributed by atoms with Crippen molar-refractivity contribution in [3.8, 4) is 11.8 Å². The lowest BCUT2D eigenvalue weighted by molar-refractivity contribution is -0.117. The van der Waals surface area contributed by atoms with Gasteiger partial charge >= 0.3 is 0 Å². The fraction of sp³-hybridized carbons (Fsp3) is 0.0526. The van der Waals surface area contributed by atoms with Gasteiger partial charge in [0.05, 0.1) is 0 Å². The molecule has 5 nitrogen and oxygen atoms in total. The van der Waals surface area contributed by atoms with Crippen molar-refractivity contribution in [3.05, 3.63) is 71.4 Å². The zero-order valence-electron chi connectivity index (χ0n) is 12.8. The Morgan fingerprint density at radius 2 is 2.04 bits per heavy atom. The molecular weight excluding hydrogens is 302 g/mol. The van der Waals surface area contributed by atoms with E-state index in [1.807, 2.05) is 36.4 Å². The predicted molar refractivity (Wildman–Crippen MR) is 91.8 cm³/mol. The largest absolute Gasteiger partial charge is 0.508 e. The van der Waals surface area contributed by atoms with Crippen LogP contribution in [0.25, 0.3) is 17.0 Å². The highest BCUT2D eigenvalue weighted by Gasteiger charge is 2.11. The number of phenolic OH excluding ortho intramolecular Hbond substituents is 1. The third-order valence-corrected chi connectivity index (χ3v) is 3.66. The Hall–Kier alpha value is -3.52. The lowest BCUT2D eigenvalue weighted by Gasteiger charge is -2.04. The van der Waals surface area contributed by atoms with E-state index in [1.165, 1.54) is 6.08 Å². The van der Waals surface area contributed by atoms with E-state index in [0.717, 1.165) is 16.5 Å². The number of nitriles is 1. The van der Waals surface area contributed by atoms with Crippen LogP contribution in [-0.2, 0) is 11.3 Å². The molecule has 0 fully saturated rings. The number of hydrogen-bond donors (Lipinski definition) is 3. The van der Waals surface area contributed by atoms with Crippen LogP contribution in [0.2, 0.25) is 0 Å². The number of H-pyrrole nitrogens is 1. The molecule has 0 bridgehead atoms. The maximum absolute atomic E-state index is 12.2. The number of phenols is 1. The van der Waals surface area contributed by atoms with E-state index in [9.17, 15) is 15.2 Å². The van der Waals surface area contributed by atoms with Gasteiger partial charge in [-0.2, -0.15) is 5.26 Å². The van der Waals surface area contributed by atoms with Gasteiger partial charge in [0, 0.05) is 29.2 Å². The van der Waals surface area contributed by atoms with Crippen molar-refractivity contribution in [2.24, 2.45) is 0 Å². The quantitative estimate of drug-likeness (QED) is 0.510. The Kier molecular flexibility index (Phi) is 4.30. The van der Waals surface area contributed by atoms with Crippen LogP contribution in [0.15, 0.2) is 60.3 Å². The molecule has 0 atom stereocenters. The first kappa shape index (κ1) is 15.4. The predicted octanol–water partition coefficient (Wildman–Crippen LogP) is 3.10. The van der Waals surface area contributed by atoms with E-state index in [4.69, 9.17) is 0 Å². The fourth-order valence-corrected chi connectivity index (χ4v) is 2.43. The molecule has 24 heavy (non-hydrogen) atoms. The lowest BCUT2D eigenvalue weighted by Crippen LogP contribution is -2.23. The highest BCUT2D eigenvalue weighted by Crippen LogP contribution is 2.24. The normalized spacial score (nSPS) is 11.2. The number of carbonyl (C=O) groups excluding carboxylic acids is 1. The number of hydrogen-bond acceptors (Lipinski definition) is 3. The molecule has 1 aromatic heterocycles. The fourth-order valence-electron chi connectivity index (χ4n) is 2.43. The van der Waals surface area contributed by atoms with Gasteiger partial charge in [0.25, 0.3) is 5.91 Å². The molecule has 0 spiro atoms. The molecule has 0 saturated heterocycles. The summed E-state index contributed by atoms with van der Waals surface area (Å²) < 4.78 is 0. The van der Waals surface area contributed by atoms with Gasteiger partial charge in [-0.1, -0.05) is 30.3 Å². The monoisotopic (exact) mass is 317 g/mol. The molecular formula is C19H15N3O2. The topological polar surface area (TPSA) is 88.9 Å². The molecule has 3 N–H and O–H groups in total. The Labute approximate surface area is 138 Å². The van der Waals surface area contributed by atoms with Crippen molar-refractivity contribution in [1.29, 1.82) is 5.26 Å². The number of amides is 1. The van der Waals surface area contributed by atoms with Crippen molar-refractivity contribution in [2.45, 2.75) is 6.54 Å². The first-order valence-corrected chi connectivity index (χ1v) is 7.41. The minimum Gasteiger partial charge on any atom is -0.508 e. The number of benzene rings is 2. The maximum atomic E-state index is 12.2. The molecule has 0 saturated carbocycles.